The molecule has 0 fully saturated rings. The van der Waals surface area contributed by atoms with Gasteiger partial charge in [0.15, 0.2) is 0 Å². The molecule has 0 bridgehead atoms. The van der Waals surface area contributed by atoms with Crippen LogP contribution in [0.4, 0.5) is 0 Å². The third-order valence-electron chi connectivity index (χ3n) is 19.9. The molecular weight excluding hydrogens is 1290 g/mol. The monoisotopic (exact) mass is 1410 g/mol. The zero-order chi connectivity index (χ0) is 76.1. The first kappa shape index (κ1) is 83.8. The fourth-order valence-corrected chi connectivity index (χ4v) is 16.2. The number of nitrogens with zero attached hydrogens (tertiary/aromatic N) is 1. The van der Waals surface area contributed by atoms with Crippen molar-refractivity contribution in [2.24, 2.45) is 21.7 Å². The molecule has 0 saturated heterocycles. The average molecular weight is 1410 g/mol. The summed E-state index contributed by atoms with van der Waals surface area (Å²) in [6.07, 6.45) is 11.8. The van der Waals surface area contributed by atoms with Crippen molar-refractivity contribution in [1.82, 2.24) is 10.2 Å². The number of nitrogens with one attached hydrogen (secondary N) is 1. The fraction of sp³-hybridized carbons (Fsp3) is 0.500. The Morgan fingerprint density at radius 3 is 1.32 bits per heavy atom. The van der Waals surface area contributed by atoms with Gasteiger partial charge in [-0.2, -0.15) is 19.2 Å². The topological polar surface area (TPSA) is 193 Å². The van der Waals surface area contributed by atoms with E-state index < -0.39 is 5.97 Å². The Morgan fingerprint density at radius 2 is 0.913 bits per heavy atom. The van der Waals surface area contributed by atoms with Crippen LogP contribution in [-0.2, 0) is 51.0 Å². The second-order valence-electron chi connectivity index (χ2n) is 30.4. The number of rotatable bonds is 18. The number of carboxylic acids is 1. The summed E-state index contributed by atoms with van der Waals surface area (Å²) in [7, 11) is 3.34. The number of fused-ring (bicyclic) bond motifs is 8. The van der Waals surface area contributed by atoms with Gasteiger partial charge < -0.3 is 43.7 Å². The highest BCUT2D eigenvalue weighted by molar-refractivity contribution is 6.02. The first-order valence-corrected chi connectivity index (χ1v) is 37.1. The van der Waals surface area contributed by atoms with Gasteiger partial charge in [-0.25, -0.2) is 4.79 Å². The van der Waals surface area contributed by atoms with Crippen LogP contribution in [0.15, 0.2) is 97.1 Å². The molecule has 103 heavy (non-hydrogen) atoms. The second kappa shape index (κ2) is 38.1. The zero-order valence-electron chi connectivity index (χ0n) is 65.3. The first-order chi connectivity index (χ1) is 49.1. The number of ether oxygens (including phenoxy) is 6. The van der Waals surface area contributed by atoms with Crippen molar-refractivity contribution in [3.05, 3.63) is 185 Å². The molecule has 0 saturated carbocycles. The van der Waals surface area contributed by atoms with E-state index in [-0.39, 0.29) is 39.9 Å². The lowest BCUT2D eigenvalue weighted by Crippen LogP contribution is -2.35. The number of methoxy groups -OCH3 is 2. The van der Waals surface area contributed by atoms with Gasteiger partial charge in [0.1, 0.15) is 23.0 Å². The number of aromatic carboxylic acids is 1. The van der Waals surface area contributed by atoms with Crippen molar-refractivity contribution >= 4 is 47.5 Å². The third kappa shape index (κ3) is 21.1. The normalized spacial score (nSPS) is 18.4. The van der Waals surface area contributed by atoms with E-state index in [0.29, 0.717) is 80.9 Å². The summed E-state index contributed by atoms with van der Waals surface area (Å²) < 4.78 is 34.4. The van der Waals surface area contributed by atoms with Gasteiger partial charge in [-0.05, 0) is 213 Å². The van der Waals surface area contributed by atoms with Crippen molar-refractivity contribution in [3.63, 3.8) is 0 Å². The quantitative estimate of drug-likeness (QED) is 0.0771. The second-order valence-corrected chi connectivity index (χ2v) is 30.4. The third-order valence-corrected chi connectivity index (χ3v) is 19.9. The molecule has 2 aliphatic heterocycles. The van der Waals surface area contributed by atoms with Crippen LogP contribution in [0.25, 0.3) is 23.3 Å². The van der Waals surface area contributed by atoms with Gasteiger partial charge in [-0.3, -0.25) is 4.79 Å². The Hall–Kier alpha value is -8.10. The number of likely N-dealkylation sites (N-methyl/N-ethyl adjacent to an activating group) is 2. The lowest BCUT2D eigenvalue weighted by molar-refractivity contribution is -0.193. The molecule has 1 amide bonds. The summed E-state index contributed by atoms with van der Waals surface area (Å²) in [5.41, 5.74) is 15.7. The Labute approximate surface area is 613 Å². The van der Waals surface area contributed by atoms with E-state index in [1.165, 1.54) is 43.8 Å². The van der Waals surface area contributed by atoms with Gasteiger partial charge >= 0.3 is 18.3 Å². The molecule has 6 aromatic rings. The van der Waals surface area contributed by atoms with Gasteiger partial charge in [-0.15, -0.1) is 0 Å². The maximum atomic E-state index is 14.3. The molecule has 6 aliphatic rings. The predicted octanol–water partition coefficient (Wildman–Crippen LogP) is 15.8. The van der Waals surface area contributed by atoms with Crippen LogP contribution in [0, 0.1) is 21.7 Å². The lowest BCUT2D eigenvalue weighted by Gasteiger charge is -2.37. The number of hydrogen-bond donors (Lipinski definition) is 2. The molecule has 0 spiro atoms. The van der Waals surface area contributed by atoms with Crippen LogP contribution in [0.3, 0.4) is 0 Å². The zero-order valence-corrected chi connectivity index (χ0v) is 65.3. The molecule has 15 nitrogen and oxygen atoms in total. The van der Waals surface area contributed by atoms with Crippen LogP contribution in [-0.4, -0.2) is 114 Å². The molecule has 2 heterocycles. The Bertz CT molecular complexity index is 4220. The molecule has 556 valence electrons. The summed E-state index contributed by atoms with van der Waals surface area (Å²) >= 11 is 0. The van der Waals surface area contributed by atoms with Crippen molar-refractivity contribution in [3.8, 4) is 23.0 Å². The van der Waals surface area contributed by atoms with Crippen LogP contribution in [0.1, 0.15) is 250 Å². The van der Waals surface area contributed by atoms with Crippen LogP contribution < -0.4 is 35.7 Å². The first-order valence-electron chi connectivity index (χ1n) is 37.1. The number of carboxylic acid groups (broad SMARTS) is 1. The van der Waals surface area contributed by atoms with E-state index in [1.54, 1.807) is 26.4 Å². The molecule has 4 unspecified atom stereocenters. The van der Waals surface area contributed by atoms with Gasteiger partial charge in [0.2, 0.25) is 0 Å². The van der Waals surface area contributed by atoms with E-state index in [9.17, 15) is 14.7 Å². The van der Waals surface area contributed by atoms with Crippen LogP contribution in [0.5, 0.6) is 23.0 Å². The highest BCUT2D eigenvalue weighted by Crippen LogP contribution is 2.50. The molecule has 4 atom stereocenters. The molecule has 15 heteroatoms. The van der Waals surface area contributed by atoms with Crippen LogP contribution in [0.2, 0.25) is 0 Å². The molecule has 0 aromatic heterocycles. The smallest absolute Gasteiger partial charge is 0.373 e. The van der Waals surface area contributed by atoms with Crippen molar-refractivity contribution in [2.45, 2.75) is 187 Å². The summed E-state index contributed by atoms with van der Waals surface area (Å²) in [4.78, 5) is 61.0. The maximum Gasteiger partial charge on any atom is 0.373 e. The number of benzene rings is 6. The molecule has 4 aliphatic carbocycles. The molecular formula is C88H116N2O13. The minimum atomic E-state index is -0.910. The molecule has 2 N–H and O–H groups in total. The van der Waals surface area contributed by atoms with Crippen molar-refractivity contribution < 1.29 is 62.3 Å². The average Bonchev–Trinajstić information content (AvgIpc) is 0.731. The van der Waals surface area contributed by atoms with E-state index >= 15 is 0 Å². The summed E-state index contributed by atoms with van der Waals surface area (Å²) in [6.45, 7) is 46.8. The lowest BCUT2D eigenvalue weighted by atomic mass is 9.69. The minimum Gasteiger partial charge on any atom is -0.478 e. The van der Waals surface area contributed by atoms with E-state index in [0.717, 1.165) is 125 Å². The van der Waals surface area contributed by atoms with Gasteiger partial charge in [0, 0.05) is 72.1 Å². The number of amides is 1. The standard InChI is InChI=1S/C41H51NO4.C34H36O3.C7H17NO2.2C2H6.2CO2/c1-9-42(14-15-45-17-16-44-8)39(43)31-13-11-10-12-30(31)38-34-20-32-26(2)22-40(4,5)24-28(32)18-36(34)46-37-19-29-25-41(6,7)23-27(3)33(29)21-35(37)38;1-19-15-33(3,4)17-21-11-29-27(13-25(19)21)31(23-9-7-8-10-24(23)32(35)36)28-14-26-20(2)16-34(5,6)18-22(26)12-30(28)37-29;1-3-8-4-5-10-7-6-9-2;2*1-2;2*2-1-3/h10-13,18-21,24,26-27H,9,14-17,22-23,25H2,1-8H3;7-14,17,19-20H,15-16,18H2,1-6H3,(H,35,36);8H,3-7H2,1-2H3;2*1-2H3;;. The molecule has 0 radical (unpaired) electrons. The summed E-state index contributed by atoms with van der Waals surface area (Å²) in [5.74, 6) is 4.20. The number of hydrogen-bond acceptors (Lipinski definition) is 13. The molecule has 6 aromatic carbocycles. The SMILES string of the molecule is CC.CC.CC1CC(C)(C)Cc2cc3c(cc21)C(c1ccccc1C(=O)O)=c1cc2c(cc1O3)=CC(C)(C)CC2C.CCN(CCOCCOC)C(=O)c1ccccc1C1=c2cc3c(cc2Oc2cc4c(cc21)C(C)CC(C)(C)C4)=CC(C)(C)CC3C.CCNCCOCCOC.O=C=O.O=C=O. The summed E-state index contributed by atoms with van der Waals surface area (Å²) in [6, 6.07) is 33.8. The fourth-order valence-electron chi connectivity index (χ4n) is 16.2. The Morgan fingerprint density at radius 1 is 0.515 bits per heavy atom. The Kier molecular flexibility index (Phi) is 31.0. The minimum absolute atomic E-state index is 0.0185. The largest absolute Gasteiger partial charge is 0.478 e. The number of carbonyl (C=O) groups excluding carboxylic acids is 5. The van der Waals surface area contributed by atoms with E-state index in [4.69, 9.17) is 47.6 Å². The van der Waals surface area contributed by atoms with Gasteiger partial charge in [0.25, 0.3) is 5.91 Å². The van der Waals surface area contributed by atoms with Gasteiger partial charge in [-0.1, -0.05) is 166 Å². The van der Waals surface area contributed by atoms with Crippen LogP contribution >= 0.6 is 0 Å². The molecule has 12 rings (SSSR count). The van der Waals surface area contributed by atoms with E-state index in [1.807, 2.05) is 63.8 Å². The van der Waals surface area contributed by atoms with Gasteiger partial charge in [0.05, 0.1) is 45.2 Å². The highest BCUT2D eigenvalue weighted by Gasteiger charge is 2.37. The summed E-state index contributed by atoms with van der Waals surface area (Å²) in [5, 5.41) is 17.8. The Balaban J connectivity index is 0.000000260. The van der Waals surface area contributed by atoms with Crippen molar-refractivity contribution in [1.29, 1.82) is 0 Å². The predicted molar refractivity (Wildman–Crippen MR) is 409 cm³/mol. The van der Waals surface area contributed by atoms with Crippen molar-refractivity contribution in [2.75, 3.05) is 80.0 Å². The maximum absolute atomic E-state index is 14.3. The van der Waals surface area contributed by atoms with E-state index in [2.05, 4.69) is 168 Å². The number of carbonyl (C=O) groups is 2. The highest BCUT2D eigenvalue weighted by atomic mass is 16.5.